The minimum absolute atomic E-state index is 0.289. The number of halogens is 5. The average Bonchev–Trinajstić information content (AvgIpc) is 2.60. The van der Waals surface area contributed by atoms with Crippen molar-refractivity contribution in [2.45, 2.75) is 0 Å². The van der Waals surface area contributed by atoms with Crippen molar-refractivity contribution in [3.05, 3.63) is 41.2 Å². The molecular weight excluding hydrogens is 351 g/mol. The van der Waals surface area contributed by atoms with Crippen molar-refractivity contribution < 1.29 is 36.3 Å². The van der Waals surface area contributed by atoms with Gasteiger partial charge >= 0.3 is 0 Å². The number of hydrogen-bond donors (Lipinski definition) is 0. The molecule has 0 spiro atoms. The number of ether oxygens (including phenoxy) is 1. The molecule has 0 bridgehead atoms. The first kappa shape index (κ1) is 18.0. The summed E-state index contributed by atoms with van der Waals surface area (Å²) in [4.78, 5) is 27.3. The molecule has 0 saturated carbocycles. The van der Waals surface area contributed by atoms with E-state index < -0.39 is 51.6 Å². The van der Waals surface area contributed by atoms with Crippen molar-refractivity contribution in [1.82, 2.24) is 0 Å². The zero-order valence-electron chi connectivity index (χ0n) is 12.2. The standard InChI is InChI=1S/C15H5F5N2O3/c1-25-15-6(2-3-7(21-4-23)14(15)22-5-24)8-9(16)11(18)13(20)12(19)10(8)17/h2-3H,1H3. The molecule has 0 N–H and O–H groups in total. The summed E-state index contributed by atoms with van der Waals surface area (Å²) >= 11 is 0. The van der Waals surface area contributed by atoms with Gasteiger partial charge in [-0.15, -0.1) is 0 Å². The zero-order valence-corrected chi connectivity index (χ0v) is 12.2. The Bertz CT molecular complexity index is 935. The number of methoxy groups -OCH3 is 1. The normalized spacial score (nSPS) is 10.0. The lowest BCUT2D eigenvalue weighted by molar-refractivity contribution is 0.380. The highest BCUT2D eigenvalue weighted by Gasteiger charge is 2.29. The quantitative estimate of drug-likeness (QED) is 0.273. The molecule has 0 heterocycles. The lowest BCUT2D eigenvalue weighted by Crippen LogP contribution is -2.05. The number of benzene rings is 2. The summed E-state index contributed by atoms with van der Waals surface area (Å²) in [6, 6.07) is 1.84. The van der Waals surface area contributed by atoms with Gasteiger partial charge in [-0.3, -0.25) is 0 Å². The molecule has 0 fully saturated rings. The Hall–Kier alpha value is -3.35. The van der Waals surface area contributed by atoms with Crippen LogP contribution >= 0.6 is 0 Å². The van der Waals surface area contributed by atoms with Crippen LogP contribution in [0.15, 0.2) is 22.1 Å². The monoisotopic (exact) mass is 356 g/mol. The minimum atomic E-state index is -2.33. The van der Waals surface area contributed by atoms with Gasteiger partial charge in [-0.1, -0.05) is 0 Å². The summed E-state index contributed by atoms with van der Waals surface area (Å²) in [5.74, 6) is -11.4. The zero-order chi connectivity index (χ0) is 18.7. The lowest BCUT2D eigenvalue weighted by atomic mass is 10.0. The van der Waals surface area contributed by atoms with Gasteiger partial charge in [0.1, 0.15) is 11.4 Å². The first-order valence-corrected chi connectivity index (χ1v) is 6.27. The molecule has 0 aliphatic heterocycles. The Morgan fingerprint density at radius 3 is 1.84 bits per heavy atom. The second-order valence-corrected chi connectivity index (χ2v) is 4.37. The largest absolute Gasteiger partial charge is 0.494 e. The maximum atomic E-state index is 14.0. The van der Waals surface area contributed by atoms with Crippen LogP contribution in [0, 0.1) is 29.1 Å². The van der Waals surface area contributed by atoms with Crippen LogP contribution in [-0.2, 0) is 9.59 Å². The van der Waals surface area contributed by atoms with Gasteiger partial charge in [0.15, 0.2) is 29.0 Å². The summed E-state index contributed by atoms with van der Waals surface area (Å²) in [5.41, 5.74) is -2.68. The Kier molecular flexibility index (Phi) is 5.07. The SMILES string of the molecule is COc1c(-c2c(F)c(F)c(F)c(F)c2F)ccc(N=C=O)c1N=C=O. The van der Waals surface area contributed by atoms with Gasteiger partial charge in [-0.05, 0) is 12.1 Å². The number of rotatable bonds is 4. The Morgan fingerprint density at radius 1 is 0.840 bits per heavy atom. The number of aliphatic imine (C=N–C) groups is 2. The van der Waals surface area contributed by atoms with E-state index in [1.165, 1.54) is 0 Å². The van der Waals surface area contributed by atoms with Crippen LogP contribution in [0.2, 0.25) is 0 Å². The maximum Gasteiger partial charge on any atom is 0.240 e. The van der Waals surface area contributed by atoms with E-state index in [0.29, 0.717) is 0 Å². The molecule has 128 valence electrons. The second-order valence-electron chi connectivity index (χ2n) is 4.37. The van der Waals surface area contributed by atoms with Gasteiger partial charge in [0.25, 0.3) is 0 Å². The van der Waals surface area contributed by atoms with Crippen LogP contribution in [0.1, 0.15) is 0 Å². The van der Waals surface area contributed by atoms with E-state index in [2.05, 4.69) is 9.98 Å². The fraction of sp³-hybridized carbons (Fsp3) is 0.0667. The van der Waals surface area contributed by atoms with Gasteiger partial charge in [0, 0.05) is 5.56 Å². The number of isocyanates is 2. The van der Waals surface area contributed by atoms with Crippen LogP contribution in [0.3, 0.4) is 0 Å². The van der Waals surface area contributed by atoms with Gasteiger partial charge in [0.05, 0.1) is 12.7 Å². The third-order valence-electron chi connectivity index (χ3n) is 3.12. The van der Waals surface area contributed by atoms with E-state index in [0.717, 1.165) is 31.4 Å². The highest BCUT2D eigenvalue weighted by atomic mass is 19.2. The van der Waals surface area contributed by atoms with Crippen molar-refractivity contribution >= 4 is 23.5 Å². The number of carbonyl (C=O) groups excluding carboxylic acids is 2. The Balaban J connectivity index is 2.97. The molecule has 0 unspecified atom stereocenters. The van der Waals surface area contributed by atoms with E-state index in [-0.39, 0.29) is 5.69 Å². The maximum absolute atomic E-state index is 14.0. The second kappa shape index (κ2) is 7.04. The smallest absolute Gasteiger partial charge is 0.240 e. The summed E-state index contributed by atoms with van der Waals surface area (Å²) < 4.78 is 72.9. The van der Waals surface area contributed by atoms with E-state index >= 15 is 0 Å². The molecule has 0 aromatic heterocycles. The molecule has 0 aliphatic carbocycles. The predicted octanol–water partition coefficient (Wildman–Crippen LogP) is 3.99. The van der Waals surface area contributed by atoms with Gasteiger partial charge in [0.2, 0.25) is 18.0 Å². The van der Waals surface area contributed by atoms with Crippen molar-refractivity contribution in [3.8, 4) is 16.9 Å². The predicted molar refractivity (Wildman–Crippen MR) is 73.8 cm³/mol. The first-order chi connectivity index (χ1) is 11.9. The lowest BCUT2D eigenvalue weighted by Gasteiger charge is -2.14. The molecule has 0 atom stereocenters. The summed E-state index contributed by atoms with van der Waals surface area (Å²) in [7, 11) is 0.989. The molecule has 0 saturated heterocycles. The molecule has 0 aliphatic rings. The summed E-state index contributed by atoms with van der Waals surface area (Å²) in [6.45, 7) is 0. The number of nitrogens with zero attached hydrogens (tertiary/aromatic N) is 2. The molecule has 25 heavy (non-hydrogen) atoms. The molecular formula is C15H5F5N2O3. The first-order valence-electron chi connectivity index (χ1n) is 6.27. The third-order valence-corrected chi connectivity index (χ3v) is 3.12. The minimum Gasteiger partial charge on any atom is -0.494 e. The Morgan fingerprint density at radius 2 is 1.36 bits per heavy atom. The summed E-state index contributed by atoms with van der Waals surface area (Å²) in [5, 5.41) is 0. The van der Waals surface area contributed by atoms with Crippen LogP contribution in [0.4, 0.5) is 33.3 Å². The molecule has 2 rings (SSSR count). The fourth-order valence-electron chi connectivity index (χ4n) is 2.10. The highest BCUT2D eigenvalue weighted by molar-refractivity contribution is 5.85. The van der Waals surface area contributed by atoms with Crippen LogP contribution in [0.25, 0.3) is 11.1 Å². The van der Waals surface area contributed by atoms with E-state index in [4.69, 9.17) is 4.74 Å². The molecule has 0 radical (unpaired) electrons. The molecule has 2 aromatic carbocycles. The van der Waals surface area contributed by atoms with E-state index in [1.54, 1.807) is 0 Å². The van der Waals surface area contributed by atoms with Crippen molar-refractivity contribution in [2.24, 2.45) is 9.98 Å². The topological polar surface area (TPSA) is 68.1 Å². The Labute approximate surface area is 136 Å². The van der Waals surface area contributed by atoms with E-state index in [9.17, 15) is 31.5 Å². The van der Waals surface area contributed by atoms with Crippen molar-refractivity contribution in [2.75, 3.05) is 7.11 Å². The summed E-state index contributed by atoms with van der Waals surface area (Å²) in [6.07, 6.45) is 2.26. The third kappa shape index (κ3) is 2.91. The molecule has 5 nitrogen and oxygen atoms in total. The van der Waals surface area contributed by atoms with Crippen LogP contribution < -0.4 is 4.74 Å². The number of hydrogen-bond acceptors (Lipinski definition) is 5. The van der Waals surface area contributed by atoms with Crippen LogP contribution in [-0.4, -0.2) is 19.3 Å². The van der Waals surface area contributed by atoms with Gasteiger partial charge < -0.3 is 4.74 Å². The van der Waals surface area contributed by atoms with Crippen molar-refractivity contribution in [1.29, 1.82) is 0 Å². The fourth-order valence-corrected chi connectivity index (χ4v) is 2.10. The van der Waals surface area contributed by atoms with Gasteiger partial charge in [-0.25, -0.2) is 31.5 Å². The van der Waals surface area contributed by atoms with Crippen molar-refractivity contribution in [3.63, 3.8) is 0 Å². The van der Waals surface area contributed by atoms with Crippen LogP contribution in [0.5, 0.6) is 5.75 Å². The molecule has 0 amide bonds. The highest BCUT2D eigenvalue weighted by Crippen LogP contribution is 2.46. The molecule has 2 aromatic rings. The average molecular weight is 356 g/mol. The molecule has 10 heteroatoms. The van der Waals surface area contributed by atoms with Gasteiger partial charge in [-0.2, -0.15) is 9.98 Å². The van der Waals surface area contributed by atoms with E-state index in [1.807, 2.05) is 0 Å².